The summed E-state index contributed by atoms with van der Waals surface area (Å²) in [6.45, 7) is 12.7. The summed E-state index contributed by atoms with van der Waals surface area (Å²) in [6.07, 6.45) is 1.58. The minimum absolute atomic E-state index is 0.0798. The van der Waals surface area contributed by atoms with Crippen LogP contribution in [0.4, 0.5) is 4.39 Å². The molecule has 2 aromatic carbocycles. The van der Waals surface area contributed by atoms with Crippen LogP contribution >= 0.6 is 0 Å². The number of hydrogen-bond acceptors (Lipinski definition) is 7. The van der Waals surface area contributed by atoms with E-state index >= 15 is 4.39 Å². The molecule has 10 heteroatoms. The molecule has 3 saturated heterocycles. The molecule has 0 aliphatic carbocycles. The molecule has 1 N–H and O–H groups in total. The second kappa shape index (κ2) is 12.1. The van der Waals surface area contributed by atoms with Gasteiger partial charge in [-0.2, -0.15) is 0 Å². The molecule has 8 nitrogen and oxygen atoms in total. The Kier molecular flexibility index (Phi) is 8.21. The number of phenolic OH excluding ortho intramolecular Hbond substituents is 1. The molecule has 0 saturated carbocycles. The topological polar surface area (TPSA) is 84.2 Å². The van der Waals surface area contributed by atoms with Gasteiger partial charge in [0.15, 0.2) is 26.1 Å². The minimum atomic E-state index is -2.02. The Morgan fingerprint density at radius 3 is 2.15 bits per heavy atom. The number of aromatic nitrogens is 2. The zero-order valence-electron chi connectivity index (χ0n) is 27.2. The Labute approximate surface area is 270 Å². The second-order valence-electron chi connectivity index (χ2n) is 14.2. The van der Waals surface area contributed by atoms with Gasteiger partial charge in [0.25, 0.3) is 0 Å². The highest BCUT2D eigenvalue weighted by molar-refractivity contribution is 6.74. The number of phenols is 1. The predicted molar refractivity (Wildman–Crippen MR) is 177 cm³/mol. The van der Waals surface area contributed by atoms with Gasteiger partial charge >= 0.3 is 0 Å². The van der Waals surface area contributed by atoms with Crippen LogP contribution in [0.2, 0.25) is 18.1 Å². The van der Waals surface area contributed by atoms with Crippen molar-refractivity contribution in [2.75, 3.05) is 19.8 Å². The van der Waals surface area contributed by atoms with Crippen LogP contribution in [-0.2, 0) is 18.6 Å². The van der Waals surface area contributed by atoms with Gasteiger partial charge in [0, 0.05) is 24.3 Å². The largest absolute Gasteiger partial charge is 0.508 e. The molecular weight excluding hydrogens is 603 g/mol. The summed E-state index contributed by atoms with van der Waals surface area (Å²) in [5.41, 5.74) is 4.12. The van der Waals surface area contributed by atoms with Crippen molar-refractivity contribution in [2.45, 2.75) is 88.8 Å². The lowest BCUT2D eigenvalue weighted by molar-refractivity contribution is -0.0391. The third-order valence-corrected chi connectivity index (χ3v) is 14.5. The molecule has 5 heterocycles. The molecule has 3 aliphatic rings. The van der Waals surface area contributed by atoms with Crippen LogP contribution < -0.4 is 4.74 Å². The van der Waals surface area contributed by atoms with Crippen LogP contribution in [0, 0.1) is 5.82 Å². The van der Waals surface area contributed by atoms with Crippen molar-refractivity contribution in [3.63, 3.8) is 0 Å². The van der Waals surface area contributed by atoms with E-state index in [9.17, 15) is 5.11 Å². The van der Waals surface area contributed by atoms with Gasteiger partial charge in [0.1, 0.15) is 29.9 Å². The molecule has 3 fully saturated rings. The molecule has 4 aromatic rings. The van der Waals surface area contributed by atoms with Crippen LogP contribution in [-0.4, -0.2) is 67.2 Å². The molecule has 1 unspecified atom stereocenters. The standard InChI is InChI=1S/C36H43FN2O6Si/c1-36(2,3)46(4,5)45-30-21-43-34-29(20-42-35(30)34)44-32-19-27-28(39(32)31-8-6-7-17-41-31)18-26(37)33(38-27)24-11-9-22(10-12-24)23-13-15-25(40)16-14-23/h9-16,18-19,29-31,34-35,40H,6-8,17,20-21H2,1-5H3/t29-,30-,31?,34-,35-/m1/s1. The summed E-state index contributed by atoms with van der Waals surface area (Å²) in [5.74, 6) is 0.366. The highest BCUT2D eigenvalue weighted by Gasteiger charge is 2.52. The lowest BCUT2D eigenvalue weighted by Crippen LogP contribution is -2.47. The third kappa shape index (κ3) is 5.86. The first-order chi connectivity index (χ1) is 22.0. The molecule has 2 aromatic heterocycles. The summed E-state index contributed by atoms with van der Waals surface area (Å²) in [5, 5.41) is 9.70. The summed E-state index contributed by atoms with van der Waals surface area (Å²) in [7, 11) is -2.02. The van der Waals surface area contributed by atoms with Crippen LogP contribution in [0.3, 0.4) is 0 Å². The van der Waals surface area contributed by atoms with E-state index in [1.165, 1.54) is 0 Å². The van der Waals surface area contributed by atoms with Crippen molar-refractivity contribution in [3.05, 3.63) is 66.5 Å². The first kappa shape index (κ1) is 31.3. The SMILES string of the molecule is CC(C)(C)[Si](C)(C)O[C@@H]1CO[C@H]2[C@@H]1OC[C@H]2Oc1cc2nc(-c3ccc(-c4ccc(O)cc4)cc3)c(F)cc2n1C1CCCCO1. The molecule has 0 radical (unpaired) electrons. The lowest BCUT2D eigenvalue weighted by Gasteiger charge is -2.39. The summed E-state index contributed by atoms with van der Waals surface area (Å²) in [4.78, 5) is 4.81. The molecule has 5 atom stereocenters. The first-order valence-electron chi connectivity index (χ1n) is 16.3. The monoisotopic (exact) mass is 646 g/mol. The third-order valence-electron chi connectivity index (χ3n) is 10.0. The highest BCUT2D eigenvalue weighted by atomic mass is 28.4. The maximum Gasteiger partial charge on any atom is 0.198 e. The lowest BCUT2D eigenvalue weighted by atomic mass is 10.0. The van der Waals surface area contributed by atoms with Crippen molar-refractivity contribution in [1.82, 2.24) is 9.55 Å². The molecule has 3 aliphatic heterocycles. The normalized spacial score (nSPS) is 25.2. The van der Waals surface area contributed by atoms with Crippen molar-refractivity contribution in [3.8, 4) is 34.0 Å². The fourth-order valence-corrected chi connectivity index (χ4v) is 7.74. The van der Waals surface area contributed by atoms with Gasteiger partial charge in [-0.3, -0.25) is 4.57 Å². The highest BCUT2D eigenvalue weighted by Crippen LogP contribution is 2.42. The minimum Gasteiger partial charge on any atom is -0.508 e. The van der Waals surface area contributed by atoms with Gasteiger partial charge in [-0.25, -0.2) is 9.37 Å². The number of halogens is 1. The second-order valence-corrected chi connectivity index (χ2v) is 18.9. The number of fused-ring (bicyclic) bond motifs is 2. The fraction of sp³-hybridized carbons (Fsp3) is 0.472. The summed E-state index contributed by atoms with van der Waals surface area (Å²) < 4.78 is 49.8. The van der Waals surface area contributed by atoms with Crippen LogP contribution in [0.5, 0.6) is 11.6 Å². The van der Waals surface area contributed by atoms with Crippen molar-refractivity contribution >= 4 is 19.4 Å². The smallest absolute Gasteiger partial charge is 0.198 e. The Bertz CT molecular complexity index is 1690. The zero-order valence-corrected chi connectivity index (χ0v) is 28.2. The van der Waals surface area contributed by atoms with Gasteiger partial charge < -0.3 is 28.5 Å². The van der Waals surface area contributed by atoms with E-state index in [4.69, 9.17) is 28.4 Å². The summed E-state index contributed by atoms with van der Waals surface area (Å²) >= 11 is 0. The average molecular weight is 647 g/mol. The quantitative estimate of drug-likeness (QED) is 0.205. The van der Waals surface area contributed by atoms with E-state index in [1.54, 1.807) is 18.2 Å². The van der Waals surface area contributed by atoms with Crippen molar-refractivity contribution in [1.29, 1.82) is 0 Å². The van der Waals surface area contributed by atoms with Gasteiger partial charge in [0.05, 0.1) is 30.4 Å². The number of hydrogen-bond donors (Lipinski definition) is 1. The van der Waals surface area contributed by atoms with E-state index in [0.29, 0.717) is 42.3 Å². The van der Waals surface area contributed by atoms with Crippen molar-refractivity contribution in [2.24, 2.45) is 0 Å². The Morgan fingerprint density at radius 2 is 1.50 bits per heavy atom. The van der Waals surface area contributed by atoms with Crippen LogP contribution in [0.25, 0.3) is 33.4 Å². The maximum absolute atomic E-state index is 15.8. The molecular formula is C36H43FN2O6Si. The Hall–Kier alpha value is -3.28. The number of benzene rings is 2. The number of rotatable bonds is 7. The van der Waals surface area contributed by atoms with Gasteiger partial charge in [-0.15, -0.1) is 0 Å². The molecule has 0 spiro atoms. The van der Waals surface area contributed by atoms with E-state index in [-0.39, 0.29) is 47.1 Å². The van der Waals surface area contributed by atoms with Crippen molar-refractivity contribution < 1.29 is 32.9 Å². The molecule has 0 amide bonds. The predicted octanol–water partition coefficient (Wildman–Crippen LogP) is 7.85. The maximum atomic E-state index is 15.8. The van der Waals surface area contributed by atoms with Crippen LogP contribution in [0.1, 0.15) is 46.3 Å². The number of ether oxygens (including phenoxy) is 4. The zero-order chi connectivity index (χ0) is 32.2. The average Bonchev–Trinajstić information content (AvgIpc) is 3.72. The Balaban J connectivity index is 1.17. The number of pyridine rings is 1. The van der Waals surface area contributed by atoms with E-state index in [2.05, 4.69) is 33.9 Å². The van der Waals surface area contributed by atoms with Gasteiger partial charge in [-0.05, 0) is 60.7 Å². The van der Waals surface area contributed by atoms with E-state index < -0.39 is 14.1 Å². The number of nitrogens with zero attached hydrogens (tertiary/aromatic N) is 2. The molecule has 0 bridgehead atoms. The van der Waals surface area contributed by atoms with E-state index in [1.807, 2.05) is 47.0 Å². The van der Waals surface area contributed by atoms with Gasteiger partial charge in [0.2, 0.25) is 0 Å². The summed E-state index contributed by atoms with van der Waals surface area (Å²) in [6, 6.07) is 18.0. The van der Waals surface area contributed by atoms with Gasteiger partial charge in [-0.1, -0.05) is 57.2 Å². The number of aromatic hydroxyl groups is 1. The molecule has 46 heavy (non-hydrogen) atoms. The van der Waals surface area contributed by atoms with E-state index in [0.717, 1.165) is 30.4 Å². The molecule has 244 valence electrons. The Morgan fingerprint density at radius 1 is 0.870 bits per heavy atom. The first-order valence-corrected chi connectivity index (χ1v) is 19.2. The molecule has 7 rings (SSSR count). The fourth-order valence-electron chi connectivity index (χ4n) is 6.43. The van der Waals surface area contributed by atoms with Crippen LogP contribution in [0.15, 0.2) is 60.7 Å².